The maximum absolute atomic E-state index is 11.2. The predicted molar refractivity (Wildman–Crippen MR) is 83.5 cm³/mol. The lowest BCUT2D eigenvalue weighted by Crippen LogP contribution is -1.99. The number of rotatable bonds is 6. The van der Waals surface area contributed by atoms with Crippen molar-refractivity contribution in [2.75, 3.05) is 0 Å². The van der Waals surface area contributed by atoms with Crippen molar-refractivity contribution in [3.63, 3.8) is 0 Å². The van der Waals surface area contributed by atoms with Gasteiger partial charge >= 0.3 is 5.97 Å². The largest absolute Gasteiger partial charge is 0.478 e. The van der Waals surface area contributed by atoms with E-state index < -0.39 is 5.97 Å². The van der Waals surface area contributed by atoms with Crippen molar-refractivity contribution in [1.82, 2.24) is 10.1 Å². The minimum atomic E-state index is -0.946. The van der Waals surface area contributed by atoms with Gasteiger partial charge in [0.1, 0.15) is 0 Å². The van der Waals surface area contributed by atoms with Crippen molar-refractivity contribution in [3.05, 3.63) is 40.0 Å². The Labute approximate surface area is 135 Å². The van der Waals surface area contributed by atoms with Crippen LogP contribution in [0.5, 0.6) is 0 Å². The van der Waals surface area contributed by atoms with Crippen molar-refractivity contribution in [2.45, 2.75) is 30.9 Å². The molecule has 7 heteroatoms. The van der Waals surface area contributed by atoms with E-state index in [2.05, 4.69) is 39.9 Å². The molecular weight excluding hydrogens is 356 g/mol. The lowest BCUT2D eigenvalue weighted by Gasteiger charge is -2.04. The second-order valence-electron chi connectivity index (χ2n) is 4.94. The van der Waals surface area contributed by atoms with Gasteiger partial charge in [0.25, 0.3) is 0 Å². The molecule has 2 rings (SSSR count). The summed E-state index contributed by atoms with van der Waals surface area (Å²) in [5.41, 5.74) is 0.272. The predicted octanol–water partition coefficient (Wildman–Crippen LogP) is 4.02. The van der Waals surface area contributed by atoms with Crippen LogP contribution in [0.1, 0.15) is 35.9 Å². The number of nitrogens with zero attached hydrogens (tertiary/aromatic N) is 2. The number of hydrogen-bond acceptors (Lipinski definition) is 5. The Balaban J connectivity index is 2.07. The van der Waals surface area contributed by atoms with Gasteiger partial charge in [-0.3, -0.25) is 0 Å². The van der Waals surface area contributed by atoms with Crippen molar-refractivity contribution in [2.24, 2.45) is 5.92 Å². The summed E-state index contributed by atoms with van der Waals surface area (Å²) in [6, 6.07) is 5.07. The zero-order chi connectivity index (χ0) is 15.4. The van der Waals surface area contributed by atoms with E-state index in [1.165, 1.54) is 11.8 Å². The zero-order valence-corrected chi connectivity index (χ0v) is 14.1. The van der Waals surface area contributed by atoms with Gasteiger partial charge in [0, 0.05) is 15.8 Å². The molecule has 0 unspecified atom stereocenters. The van der Waals surface area contributed by atoms with Crippen LogP contribution in [0.4, 0.5) is 0 Å². The molecule has 0 aliphatic rings. The van der Waals surface area contributed by atoms with E-state index in [0.717, 1.165) is 10.9 Å². The van der Waals surface area contributed by atoms with E-state index >= 15 is 0 Å². The Morgan fingerprint density at radius 2 is 2.24 bits per heavy atom. The molecular formula is C14H15BrN2O3S. The van der Waals surface area contributed by atoms with E-state index in [1.54, 1.807) is 18.2 Å². The van der Waals surface area contributed by atoms with Gasteiger partial charge in [0.15, 0.2) is 5.82 Å². The normalized spacial score (nSPS) is 11.0. The fourth-order valence-corrected chi connectivity index (χ4v) is 3.15. The number of thioether (sulfide) groups is 1. The van der Waals surface area contributed by atoms with Gasteiger partial charge in [-0.25, -0.2) is 4.79 Å². The summed E-state index contributed by atoms with van der Waals surface area (Å²) < 4.78 is 6.00. The highest BCUT2D eigenvalue weighted by molar-refractivity contribution is 9.10. The molecule has 0 radical (unpaired) electrons. The number of benzene rings is 1. The molecule has 0 bridgehead atoms. The van der Waals surface area contributed by atoms with Gasteiger partial charge in [-0.2, -0.15) is 4.98 Å². The van der Waals surface area contributed by atoms with E-state index in [0.29, 0.717) is 28.3 Å². The smallest absolute Gasteiger partial charge is 0.336 e. The number of carboxylic acid groups (broad SMARTS) is 1. The molecule has 0 saturated heterocycles. The number of carboxylic acids is 1. The van der Waals surface area contributed by atoms with Crippen LogP contribution in [0.15, 0.2) is 32.1 Å². The third kappa shape index (κ3) is 4.57. The average Bonchev–Trinajstić information content (AvgIpc) is 2.82. The van der Waals surface area contributed by atoms with Crippen LogP contribution in [0, 0.1) is 5.92 Å². The maximum atomic E-state index is 11.2. The van der Waals surface area contributed by atoms with Gasteiger partial charge < -0.3 is 9.63 Å². The zero-order valence-electron chi connectivity index (χ0n) is 11.7. The first-order valence-electron chi connectivity index (χ1n) is 6.43. The van der Waals surface area contributed by atoms with E-state index in [9.17, 15) is 9.90 Å². The minimum absolute atomic E-state index is 0.272. The number of aromatic nitrogens is 2. The number of halogens is 1. The molecule has 112 valence electrons. The maximum Gasteiger partial charge on any atom is 0.336 e. The molecule has 0 aliphatic heterocycles. The van der Waals surface area contributed by atoms with Crippen LogP contribution in [-0.4, -0.2) is 21.2 Å². The molecule has 5 nitrogen and oxygen atoms in total. The molecule has 0 fully saturated rings. The molecule has 2 aromatic rings. The Morgan fingerprint density at radius 3 is 2.90 bits per heavy atom. The van der Waals surface area contributed by atoms with Gasteiger partial charge in [-0.15, -0.1) is 11.8 Å². The molecule has 0 spiro atoms. The van der Waals surface area contributed by atoms with Gasteiger partial charge in [-0.1, -0.05) is 34.9 Å². The van der Waals surface area contributed by atoms with E-state index in [1.807, 2.05) is 0 Å². The summed E-state index contributed by atoms with van der Waals surface area (Å²) in [4.78, 5) is 16.2. The highest BCUT2D eigenvalue weighted by Gasteiger charge is 2.13. The van der Waals surface area contributed by atoms with Crippen LogP contribution in [-0.2, 0) is 12.2 Å². The molecule has 0 saturated carbocycles. The molecule has 1 heterocycles. The van der Waals surface area contributed by atoms with Crippen molar-refractivity contribution in [3.8, 4) is 0 Å². The first-order chi connectivity index (χ1) is 9.95. The summed E-state index contributed by atoms with van der Waals surface area (Å²) in [5.74, 6) is 1.17. The van der Waals surface area contributed by atoms with Crippen LogP contribution in [0.25, 0.3) is 0 Å². The SMILES string of the molecule is CC(C)Cc1nc(CSc2cc(Br)ccc2C(=O)O)no1. The minimum Gasteiger partial charge on any atom is -0.478 e. The number of aromatic carboxylic acids is 1. The average molecular weight is 371 g/mol. The first kappa shape index (κ1) is 16.0. The molecule has 1 aromatic heterocycles. The monoisotopic (exact) mass is 370 g/mol. The summed E-state index contributed by atoms with van der Waals surface area (Å²) in [6.07, 6.45) is 0.745. The molecule has 0 amide bonds. The Kier molecular flexibility index (Phi) is 5.41. The van der Waals surface area contributed by atoms with Gasteiger partial charge in [0.2, 0.25) is 5.89 Å². The van der Waals surface area contributed by atoms with Crippen molar-refractivity contribution >= 4 is 33.7 Å². The standard InChI is InChI=1S/C14H15BrN2O3S/c1-8(2)5-13-16-12(17-20-13)7-21-11-6-9(15)3-4-10(11)14(18)19/h3-4,6,8H,5,7H2,1-2H3,(H,18,19). The quantitative estimate of drug-likeness (QED) is 0.773. The summed E-state index contributed by atoms with van der Waals surface area (Å²) in [7, 11) is 0. The van der Waals surface area contributed by atoms with Crippen LogP contribution < -0.4 is 0 Å². The second kappa shape index (κ2) is 7.09. The highest BCUT2D eigenvalue weighted by atomic mass is 79.9. The highest BCUT2D eigenvalue weighted by Crippen LogP contribution is 2.28. The third-order valence-corrected chi connectivity index (χ3v) is 4.17. The molecule has 1 N–H and O–H groups in total. The second-order valence-corrected chi connectivity index (χ2v) is 6.87. The van der Waals surface area contributed by atoms with Crippen LogP contribution in [0.2, 0.25) is 0 Å². The lowest BCUT2D eigenvalue weighted by molar-refractivity contribution is 0.0693. The molecule has 1 aromatic carbocycles. The molecule has 0 atom stereocenters. The third-order valence-electron chi connectivity index (χ3n) is 2.62. The summed E-state index contributed by atoms with van der Waals surface area (Å²) in [5, 5.41) is 13.1. The number of carbonyl (C=O) groups is 1. The van der Waals surface area contributed by atoms with Crippen molar-refractivity contribution in [1.29, 1.82) is 0 Å². The summed E-state index contributed by atoms with van der Waals surface area (Å²) >= 11 is 4.73. The van der Waals surface area contributed by atoms with Crippen LogP contribution >= 0.6 is 27.7 Å². The van der Waals surface area contributed by atoms with Crippen LogP contribution in [0.3, 0.4) is 0 Å². The topological polar surface area (TPSA) is 76.2 Å². The van der Waals surface area contributed by atoms with Gasteiger partial charge in [-0.05, 0) is 24.1 Å². The fourth-order valence-electron chi connectivity index (χ4n) is 1.72. The first-order valence-corrected chi connectivity index (χ1v) is 8.20. The molecule has 0 aliphatic carbocycles. The Hall–Kier alpha value is -1.34. The fraction of sp³-hybridized carbons (Fsp3) is 0.357. The molecule has 21 heavy (non-hydrogen) atoms. The lowest BCUT2D eigenvalue weighted by atomic mass is 10.1. The Morgan fingerprint density at radius 1 is 1.48 bits per heavy atom. The number of hydrogen-bond donors (Lipinski definition) is 1. The van der Waals surface area contributed by atoms with Crippen molar-refractivity contribution < 1.29 is 14.4 Å². The van der Waals surface area contributed by atoms with E-state index in [4.69, 9.17) is 4.52 Å². The van der Waals surface area contributed by atoms with E-state index in [-0.39, 0.29) is 5.56 Å². The Bertz CT molecular complexity index is 643. The summed E-state index contributed by atoms with van der Waals surface area (Å²) in [6.45, 7) is 4.17. The van der Waals surface area contributed by atoms with Gasteiger partial charge in [0.05, 0.1) is 11.3 Å².